The lowest BCUT2D eigenvalue weighted by Gasteiger charge is -2.20. The van der Waals surface area contributed by atoms with Crippen molar-refractivity contribution in [3.05, 3.63) is 22.7 Å². The molecule has 0 aliphatic carbocycles. The maximum Gasteiger partial charge on any atom is 0.351 e. The number of halogens is 2. The number of nitrogens with zero attached hydrogens (tertiary/aromatic N) is 2. The number of nitrogens with two attached hydrogens (primary N) is 1. The normalized spacial score (nSPS) is 24.3. The van der Waals surface area contributed by atoms with Gasteiger partial charge in [-0.3, -0.25) is 14.2 Å². The fourth-order valence-corrected chi connectivity index (χ4v) is 2.34. The number of hydrogen-bond donors (Lipinski definition) is 3. The van der Waals surface area contributed by atoms with Crippen LogP contribution in [0.3, 0.4) is 0 Å². The van der Waals surface area contributed by atoms with Gasteiger partial charge < -0.3 is 25.4 Å². The molecule has 4 N–H and O–H groups in total. The van der Waals surface area contributed by atoms with Crippen LogP contribution < -0.4 is 11.4 Å². The number of carboxylic acids is 1. The fourth-order valence-electron chi connectivity index (χ4n) is 2.34. The Kier molecular flexibility index (Phi) is 5.87. The standard InChI is InChI=1S/C14H17F2N3O7/c15-14(16)11(23)7(6-25-10(22)3-1-2-9(20)21)26-12(14)19-5-4-8(17)18-13(19)24/h4-5,7,11-12,23H,1-3,6H2,(H,20,21)(H2,17,18,24)/t7-,11-,12-/m1/s1. The largest absolute Gasteiger partial charge is 0.481 e. The van der Waals surface area contributed by atoms with Crippen LogP contribution in [-0.4, -0.2) is 56.4 Å². The molecule has 1 fully saturated rings. The predicted molar refractivity (Wildman–Crippen MR) is 80.2 cm³/mol. The fraction of sp³-hybridized carbons (Fsp3) is 0.571. The van der Waals surface area contributed by atoms with Crippen molar-refractivity contribution < 1.29 is 38.1 Å². The topological polar surface area (TPSA) is 154 Å². The molecule has 1 aromatic heterocycles. The maximum atomic E-state index is 14.2. The van der Waals surface area contributed by atoms with E-state index in [0.717, 1.165) is 12.3 Å². The van der Waals surface area contributed by atoms with E-state index in [1.807, 2.05) is 0 Å². The number of esters is 1. The van der Waals surface area contributed by atoms with Gasteiger partial charge in [0.1, 0.15) is 18.5 Å². The molecule has 144 valence electrons. The lowest BCUT2D eigenvalue weighted by Crippen LogP contribution is -2.42. The molecule has 2 heterocycles. The molecule has 0 unspecified atom stereocenters. The molecular formula is C14H17F2N3O7. The summed E-state index contributed by atoms with van der Waals surface area (Å²) in [6, 6.07) is 1.11. The summed E-state index contributed by atoms with van der Waals surface area (Å²) in [4.78, 5) is 36.8. The van der Waals surface area contributed by atoms with Gasteiger partial charge in [0.2, 0.25) is 6.23 Å². The molecular weight excluding hydrogens is 360 g/mol. The number of nitrogen functional groups attached to an aromatic ring is 1. The van der Waals surface area contributed by atoms with Crippen LogP contribution in [0, 0.1) is 0 Å². The third-order valence-corrected chi connectivity index (χ3v) is 3.66. The van der Waals surface area contributed by atoms with Crippen LogP contribution in [0.2, 0.25) is 0 Å². The zero-order valence-electron chi connectivity index (χ0n) is 13.4. The highest BCUT2D eigenvalue weighted by molar-refractivity contribution is 5.71. The van der Waals surface area contributed by atoms with E-state index in [0.29, 0.717) is 4.57 Å². The van der Waals surface area contributed by atoms with E-state index in [1.54, 1.807) is 0 Å². The zero-order chi connectivity index (χ0) is 19.5. The van der Waals surface area contributed by atoms with E-state index in [9.17, 15) is 28.3 Å². The Morgan fingerprint density at radius 2 is 2.12 bits per heavy atom. The lowest BCUT2D eigenvalue weighted by molar-refractivity contribution is -0.150. The van der Waals surface area contributed by atoms with Crippen molar-refractivity contribution in [2.75, 3.05) is 12.3 Å². The van der Waals surface area contributed by atoms with Crippen LogP contribution in [0.1, 0.15) is 25.5 Å². The van der Waals surface area contributed by atoms with E-state index < -0.39 is 48.6 Å². The molecule has 0 radical (unpaired) electrons. The summed E-state index contributed by atoms with van der Waals surface area (Å²) in [5.41, 5.74) is 4.20. The first kappa shape index (κ1) is 19.7. The number of aliphatic hydroxyl groups is 1. The van der Waals surface area contributed by atoms with Gasteiger partial charge in [0.25, 0.3) is 0 Å². The van der Waals surface area contributed by atoms with Crippen molar-refractivity contribution in [1.29, 1.82) is 0 Å². The highest BCUT2D eigenvalue weighted by Gasteiger charge is 2.60. The van der Waals surface area contributed by atoms with Crippen molar-refractivity contribution >= 4 is 17.8 Å². The van der Waals surface area contributed by atoms with Crippen LogP contribution in [0.5, 0.6) is 0 Å². The number of carbonyl (C=O) groups is 2. The Bertz CT molecular complexity index is 739. The minimum atomic E-state index is -3.85. The molecule has 1 saturated heterocycles. The van der Waals surface area contributed by atoms with Gasteiger partial charge in [0.15, 0.2) is 6.10 Å². The van der Waals surface area contributed by atoms with Crippen molar-refractivity contribution in [3.63, 3.8) is 0 Å². The Hall–Kier alpha value is -2.60. The minimum Gasteiger partial charge on any atom is -0.481 e. The molecule has 1 aliphatic heterocycles. The minimum absolute atomic E-state index is 0.0214. The Balaban J connectivity index is 2.00. The van der Waals surface area contributed by atoms with Crippen LogP contribution in [0.15, 0.2) is 17.1 Å². The summed E-state index contributed by atoms with van der Waals surface area (Å²) in [5.74, 6) is -5.92. The van der Waals surface area contributed by atoms with Gasteiger partial charge in [-0.25, -0.2) is 4.79 Å². The maximum absolute atomic E-state index is 14.2. The summed E-state index contributed by atoms with van der Waals surface area (Å²) < 4.78 is 38.7. The summed E-state index contributed by atoms with van der Waals surface area (Å²) >= 11 is 0. The number of aromatic nitrogens is 2. The Morgan fingerprint density at radius 3 is 2.73 bits per heavy atom. The van der Waals surface area contributed by atoms with Gasteiger partial charge in [-0.15, -0.1) is 0 Å². The summed E-state index contributed by atoms with van der Waals surface area (Å²) in [5, 5.41) is 18.2. The summed E-state index contributed by atoms with van der Waals surface area (Å²) in [6.07, 6.45) is -5.55. The van der Waals surface area contributed by atoms with Crippen LogP contribution in [-0.2, 0) is 19.1 Å². The van der Waals surface area contributed by atoms with Crippen molar-refractivity contribution in [2.45, 2.75) is 43.6 Å². The van der Waals surface area contributed by atoms with Gasteiger partial charge in [-0.1, -0.05) is 0 Å². The van der Waals surface area contributed by atoms with Crippen LogP contribution in [0.4, 0.5) is 14.6 Å². The second kappa shape index (κ2) is 7.74. The van der Waals surface area contributed by atoms with E-state index in [2.05, 4.69) is 4.98 Å². The number of alkyl halides is 2. The number of carboxylic acid groups (broad SMARTS) is 1. The van der Waals surface area contributed by atoms with Gasteiger partial charge >= 0.3 is 23.6 Å². The molecule has 0 amide bonds. The first-order valence-electron chi connectivity index (χ1n) is 7.56. The Morgan fingerprint density at radius 1 is 1.42 bits per heavy atom. The van der Waals surface area contributed by atoms with Gasteiger partial charge in [0.05, 0.1) is 0 Å². The number of carbonyl (C=O) groups excluding carboxylic acids is 1. The molecule has 12 heteroatoms. The second-order valence-corrected chi connectivity index (χ2v) is 5.62. The summed E-state index contributed by atoms with van der Waals surface area (Å²) in [6.45, 7) is -0.684. The third kappa shape index (κ3) is 4.32. The predicted octanol–water partition coefficient (Wildman–Crippen LogP) is -0.483. The van der Waals surface area contributed by atoms with Crippen molar-refractivity contribution in [2.24, 2.45) is 0 Å². The van der Waals surface area contributed by atoms with E-state index in [-0.39, 0.29) is 25.1 Å². The molecule has 1 aliphatic rings. The first-order chi connectivity index (χ1) is 12.1. The molecule has 0 aromatic carbocycles. The van der Waals surface area contributed by atoms with Gasteiger partial charge in [-0.2, -0.15) is 13.8 Å². The average Bonchev–Trinajstić information content (AvgIpc) is 2.76. The first-order valence-corrected chi connectivity index (χ1v) is 7.56. The van der Waals surface area contributed by atoms with Gasteiger partial charge in [0, 0.05) is 19.0 Å². The molecule has 3 atom stereocenters. The van der Waals surface area contributed by atoms with Crippen molar-refractivity contribution in [3.8, 4) is 0 Å². The molecule has 26 heavy (non-hydrogen) atoms. The number of ether oxygens (including phenoxy) is 2. The molecule has 0 bridgehead atoms. The third-order valence-electron chi connectivity index (χ3n) is 3.66. The molecule has 1 aromatic rings. The number of hydrogen-bond acceptors (Lipinski definition) is 8. The van der Waals surface area contributed by atoms with Crippen molar-refractivity contribution in [1.82, 2.24) is 9.55 Å². The highest BCUT2D eigenvalue weighted by atomic mass is 19.3. The van der Waals surface area contributed by atoms with Crippen LogP contribution in [0.25, 0.3) is 0 Å². The monoisotopic (exact) mass is 377 g/mol. The number of aliphatic hydroxyl groups excluding tert-OH is 1. The van der Waals surface area contributed by atoms with E-state index >= 15 is 0 Å². The molecule has 10 nitrogen and oxygen atoms in total. The Labute approximate surface area is 145 Å². The lowest BCUT2D eigenvalue weighted by atomic mass is 10.1. The van der Waals surface area contributed by atoms with Crippen LogP contribution >= 0.6 is 0 Å². The number of aliphatic carboxylic acids is 1. The average molecular weight is 377 g/mol. The quantitative estimate of drug-likeness (QED) is 0.534. The molecule has 0 saturated carbocycles. The molecule has 2 rings (SSSR count). The molecule has 0 spiro atoms. The second-order valence-electron chi connectivity index (χ2n) is 5.62. The van der Waals surface area contributed by atoms with Gasteiger partial charge in [-0.05, 0) is 12.5 Å². The SMILES string of the molecule is Nc1ccn([C@@H]2O[C@H](COC(=O)CCCC(=O)O)[C@@H](O)C2(F)F)c(=O)n1. The van der Waals surface area contributed by atoms with E-state index in [4.69, 9.17) is 20.3 Å². The number of anilines is 1. The van der Waals surface area contributed by atoms with E-state index in [1.165, 1.54) is 0 Å². The summed E-state index contributed by atoms with van der Waals surface area (Å²) in [7, 11) is 0. The zero-order valence-corrected chi connectivity index (χ0v) is 13.4. The highest BCUT2D eigenvalue weighted by Crippen LogP contribution is 2.42. The number of rotatable bonds is 7. The smallest absolute Gasteiger partial charge is 0.351 e.